The largest absolute Gasteiger partial charge is 0.496 e. The minimum Gasteiger partial charge on any atom is -0.496 e. The summed E-state index contributed by atoms with van der Waals surface area (Å²) in [7, 11) is 1.48. The molecular formula is C26H20N4O4S. The molecule has 3 amide bonds. The van der Waals surface area contributed by atoms with Crippen LogP contribution in [0.5, 0.6) is 5.75 Å². The van der Waals surface area contributed by atoms with Crippen molar-refractivity contribution in [1.82, 2.24) is 20.2 Å². The molecule has 35 heavy (non-hydrogen) atoms. The molecule has 8 nitrogen and oxygen atoms in total. The van der Waals surface area contributed by atoms with Crippen LogP contribution in [0.25, 0.3) is 11.3 Å². The number of ether oxygens (including phenoxy) is 1. The summed E-state index contributed by atoms with van der Waals surface area (Å²) < 4.78 is 5.37. The summed E-state index contributed by atoms with van der Waals surface area (Å²) in [4.78, 5) is 48.2. The van der Waals surface area contributed by atoms with Crippen LogP contribution in [0.2, 0.25) is 0 Å². The molecule has 0 atom stereocenters. The van der Waals surface area contributed by atoms with E-state index in [0.29, 0.717) is 28.0 Å². The van der Waals surface area contributed by atoms with E-state index < -0.39 is 0 Å². The Hall–Kier alpha value is -4.37. The van der Waals surface area contributed by atoms with Crippen molar-refractivity contribution in [2.75, 3.05) is 7.11 Å². The highest BCUT2D eigenvalue weighted by Gasteiger charge is 2.35. The lowest BCUT2D eigenvalue weighted by atomic mass is 10.1. The topological polar surface area (TPSA) is 101 Å². The molecule has 0 unspecified atom stereocenters. The molecule has 5 rings (SSSR count). The summed E-state index contributed by atoms with van der Waals surface area (Å²) in [6, 6.07) is 15.5. The predicted molar refractivity (Wildman–Crippen MR) is 130 cm³/mol. The van der Waals surface area contributed by atoms with E-state index in [1.807, 2.05) is 17.5 Å². The normalized spacial score (nSPS) is 12.5. The summed E-state index contributed by atoms with van der Waals surface area (Å²) in [6.07, 6.45) is 3.41. The molecule has 0 radical (unpaired) electrons. The smallest absolute Gasteiger partial charge is 0.261 e. The third-order valence-electron chi connectivity index (χ3n) is 5.66. The number of nitrogens with zero attached hydrogens (tertiary/aromatic N) is 3. The van der Waals surface area contributed by atoms with Gasteiger partial charge in [-0.2, -0.15) is 0 Å². The fourth-order valence-corrected chi connectivity index (χ4v) is 4.64. The molecule has 1 N–H and O–H groups in total. The Morgan fingerprint density at radius 1 is 1.03 bits per heavy atom. The van der Waals surface area contributed by atoms with Gasteiger partial charge in [-0.25, -0.2) is 4.98 Å². The van der Waals surface area contributed by atoms with Gasteiger partial charge >= 0.3 is 0 Å². The zero-order chi connectivity index (χ0) is 24.4. The minimum absolute atomic E-state index is 0.0540. The van der Waals surface area contributed by atoms with E-state index in [-0.39, 0.29) is 30.8 Å². The summed E-state index contributed by atoms with van der Waals surface area (Å²) in [6.45, 7) is 0.304. The fraction of sp³-hybridized carbons (Fsp3) is 0.115. The number of imide groups is 1. The second-order valence-corrected chi connectivity index (χ2v) is 8.76. The van der Waals surface area contributed by atoms with E-state index in [0.717, 1.165) is 16.3 Å². The van der Waals surface area contributed by atoms with E-state index in [2.05, 4.69) is 15.3 Å². The van der Waals surface area contributed by atoms with Gasteiger partial charge in [-0.1, -0.05) is 18.2 Å². The van der Waals surface area contributed by atoms with Gasteiger partial charge in [-0.05, 0) is 42.0 Å². The Bertz CT molecular complexity index is 1400. The van der Waals surface area contributed by atoms with Crippen molar-refractivity contribution in [1.29, 1.82) is 0 Å². The zero-order valence-electron chi connectivity index (χ0n) is 18.7. The van der Waals surface area contributed by atoms with Crippen LogP contribution in [0.3, 0.4) is 0 Å². The molecular weight excluding hydrogens is 464 g/mol. The van der Waals surface area contributed by atoms with Crippen LogP contribution in [0.15, 0.2) is 72.4 Å². The molecule has 3 heterocycles. The maximum Gasteiger partial charge on any atom is 0.261 e. The van der Waals surface area contributed by atoms with Crippen LogP contribution in [0, 0.1) is 0 Å². The molecule has 0 saturated heterocycles. The second kappa shape index (κ2) is 9.47. The third kappa shape index (κ3) is 4.41. The number of pyridine rings is 1. The monoisotopic (exact) mass is 484 g/mol. The average Bonchev–Trinajstić information content (AvgIpc) is 3.47. The van der Waals surface area contributed by atoms with Crippen LogP contribution in [0.4, 0.5) is 0 Å². The molecule has 174 valence electrons. The number of benzene rings is 2. The fourth-order valence-electron chi connectivity index (χ4n) is 3.89. The number of amides is 3. The number of carbonyl (C=O) groups excluding carboxylic acids is 3. The van der Waals surface area contributed by atoms with Crippen molar-refractivity contribution in [3.05, 3.63) is 99.6 Å². The molecule has 1 aliphatic heterocycles. The first kappa shape index (κ1) is 22.4. The number of methoxy groups -OCH3 is 1. The number of thiazole rings is 1. The molecule has 2 aromatic carbocycles. The molecule has 9 heteroatoms. The van der Waals surface area contributed by atoms with Crippen LogP contribution >= 0.6 is 11.3 Å². The molecule has 2 aromatic heterocycles. The predicted octanol–water partition coefficient (Wildman–Crippen LogP) is 3.94. The first-order valence-electron chi connectivity index (χ1n) is 10.8. The summed E-state index contributed by atoms with van der Waals surface area (Å²) >= 11 is 1.45. The van der Waals surface area contributed by atoms with Gasteiger partial charge < -0.3 is 10.1 Å². The van der Waals surface area contributed by atoms with Crippen molar-refractivity contribution >= 4 is 29.1 Å². The lowest BCUT2D eigenvalue weighted by molar-refractivity contribution is 0.0642. The third-order valence-corrected chi connectivity index (χ3v) is 6.50. The number of aromatic nitrogens is 2. The first-order chi connectivity index (χ1) is 17.0. The SMILES string of the molecule is COc1ccc(CN2C(=O)c3ccccc3C2=O)cc1C(=O)NCc1nc(-c2ccncc2)cs1. The van der Waals surface area contributed by atoms with Gasteiger partial charge in [0.25, 0.3) is 17.7 Å². The van der Waals surface area contributed by atoms with Gasteiger partial charge in [0, 0.05) is 23.3 Å². The highest BCUT2D eigenvalue weighted by atomic mass is 32.1. The van der Waals surface area contributed by atoms with Crippen LogP contribution < -0.4 is 10.1 Å². The van der Waals surface area contributed by atoms with E-state index in [9.17, 15) is 14.4 Å². The molecule has 4 aromatic rings. The second-order valence-electron chi connectivity index (χ2n) is 7.82. The van der Waals surface area contributed by atoms with Gasteiger partial charge in [-0.15, -0.1) is 11.3 Å². The number of nitrogens with one attached hydrogen (secondary N) is 1. The molecule has 0 saturated carbocycles. The average molecular weight is 485 g/mol. The molecule has 0 fully saturated rings. The van der Waals surface area contributed by atoms with Crippen LogP contribution in [0.1, 0.15) is 41.6 Å². The number of carbonyl (C=O) groups is 3. The Morgan fingerprint density at radius 3 is 2.43 bits per heavy atom. The molecule has 0 aliphatic carbocycles. The standard InChI is InChI=1S/C26H20N4O4S/c1-34-22-7-6-16(14-30-25(32)18-4-2-3-5-19(18)26(30)33)12-20(22)24(31)28-13-23-29-21(15-35-23)17-8-10-27-11-9-17/h2-12,15H,13-14H2,1H3,(H,28,31). The van der Waals surface area contributed by atoms with Crippen molar-refractivity contribution in [3.63, 3.8) is 0 Å². The van der Waals surface area contributed by atoms with Crippen molar-refractivity contribution in [2.45, 2.75) is 13.1 Å². The van der Waals surface area contributed by atoms with Gasteiger partial charge in [0.1, 0.15) is 10.8 Å². The number of hydrogen-bond acceptors (Lipinski definition) is 7. The molecule has 1 aliphatic rings. The van der Waals surface area contributed by atoms with Crippen LogP contribution in [-0.2, 0) is 13.1 Å². The van der Waals surface area contributed by atoms with E-state index >= 15 is 0 Å². The minimum atomic E-state index is -0.346. The van der Waals surface area contributed by atoms with Gasteiger partial charge in [0.15, 0.2) is 0 Å². The highest BCUT2D eigenvalue weighted by molar-refractivity contribution is 7.09. The van der Waals surface area contributed by atoms with E-state index in [4.69, 9.17) is 4.74 Å². The Morgan fingerprint density at radius 2 is 1.74 bits per heavy atom. The van der Waals surface area contributed by atoms with E-state index in [1.165, 1.54) is 23.3 Å². The van der Waals surface area contributed by atoms with Crippen molar-refractivity contribution in [2.24, 2.45) is 0 Å². The number of rotatable bonds is 7. The summed E-state index contributed by atoms with van der Waals surface area (Å²) in [5.41, 5.74) is 3.50. The Labute approximate surface area is 205 Å². The first-order valence-corrected chi connectivity index (χ1v) is 11.7. The maximum absolute atomic E-state index is 13.0. The van der Waals surface area contributed by atoms with Gasteiger partial charge in [-0.3, -0.25) is 24.3 Å². The van der Waals surface area contributed by atoms with Crippen molar-refractivity contribution < 1.29 is 19.1 Å². The van der Waals surface area contributed by atoms with Gasteiger partial charge in [0.05, 0.1) is 42.6 Å². The summed E-state index contributed by atoms with van der Waals surface area (Å²) in [5.74, 6) is -0.640. The number of fused-ring (bicyclic) bond motifs is 1. The Balaban J connectivity index is 1.30. The highest BCUT2D eigenvalue weighted by Crippen LogP contribution is 2.27. The zero-order valence-corrected chi connectivity index (χ0v) is 19.5. The van der Waals surface area contributed by atoms with Crippen molar-refractivity contribution in [3.8, 4) is 17.0 Å². The summed E-state index contributed by atoms with van der Waals surface area (Å²) in [5, 5.41) is 5.56. The van der Waals surface area contributed by atoms with Gasteiger partial charge in [0.2, 0.25) is 0 Å². The molecule has 0 bridgehead atoms. The van der Waals surface area contributed by atoms with E-state index in [1.54, 1.807) is 54.9 Å². The molecule has 0 spiro atoms. The quantitative estimate of drug-likeness (QED) is 0.399. The number of hydrogen-bond donors (Lipinski definition) is 1. The van der Waals surface area contributed by atoms with Crippen LogP contribution in [-0.4, -0.2) is 39.7 Å². The lowest BCUT2D eigenvalue weighted by Gasteiger charge is -2.16. The lowest BCUT2D eigenvalue weighted by Crippen LogP contribution is -2.29. The maximum atomic E-state index is 13.0. The Kier molecular flexibility index (Phi) is 6.07.